The van der Waals surface area contributed by atoms with Crippen molar-refractivity contribution in [3.05, 3.63) is 0 Å². The molecule has 0 aromatic heterocycles. The molecule has 0 aromatic rings. The summed E-state index contributed by atoms with van der Waals surface area (Å²) in [7, 11) is 0. The summed E-state index contributed by atoms with van der Waals surface area (Å²) in [5, 5.41) is 26.6. The molecule has 1 rings (SSSR count). The average molecular weight is 189 g/mol. The van der Waals surface area contributed by atoms with E-state index in [4.69, 9.17) is 15.3 Å². The van der Waals surface area contributed by atoms with Crippen LogP contribution in [0.3, 0.4) is 0 Å². The van der Waals surface area contributed by atoms with E-state index in [9.17, 15) is 9.59 Å². The van der Waals surface area contributed by atoms with E-state index in [0.29, 0.717) is 0 Å². The minimum Gasteiger partial charge on any atom is -0.480 e. The molecule has 74 valence electrons. The molecule has 1 saturated heterocycles. The van der Waals surface area contributed by atoms with Crippen LogP contribution in [0.1, 0.15) is 13.3 Å². The second-order valence-corrected chi connectivity index (χ2v) is 3.33. The van der Waals surface area contributed by atoms with Crippen LogP contribution in [0.15, 0.2) is 0 Å². The highest BCUT2D eigenvalue weighted by atomic mass is 16.4. The van der Waals surface area contributed by atoms with Crippen LogP contribution in [0.4, 0.5) is 4.79 Å². The molecule has 0 aromatic carbocycles. The van der Waals surface area contributed by atoms with Gasteiger partial charge in [-0.3, -0.25) is 4.90 Å². The van der Waals surface area contributed by atoms with E-state index < -0.39 is 23.7 Å². The highest BCUT2D eigenvalue weighted by Crippen LogP contribution is 2.29. The van der Waals surface area contributed by atoms with Gasteiger partial charge in [0, 0.05) is 6.42 Å². The summed E-state index contributed by atoms with van der Waals surface area (Å²) in [5.41, 5.74) is -1.49. The molecular weight excluding hydrogens is 178 g/mol. The van der Waals surface area contributed by atoms with E-state index in [1.54, 1.807) is 0 Å². The Morgan fingerprint density at radius 1 is 1.46 bits per heavy atom. The first-order valence-electron chi connectivity index (χ1n) is 3.80. The fraction of sp³-hybridized carbons (Fsp3) is 0.714. The van der Waals surface area contributed by atoms with E-state index in [2.05, 4.69) is 0 Å². The molecule has 1 aliphatic heterocycles. The first-order chi connectivity index (χ1) is 5.88. The van der Waals surface area contributed by atoms with E-state index in [-0.39, 0.29) is 13.0 Å². The van der Waals surface area contributed by atoms with Gasteiger partial charge in [-0.25, -0.2) is 9.59 Å². The van der Waals surface area contributed by atoms with Gasteiger partial charge in [0.1, 0.15) is 5.54 Å². The summed E-state index contributed by atoms with van der Waals surface area (Å²) in [6.45, 7) is 1.15. The summed E-state index contributed by atoms with van der Waals surface area (Å²) in [5.74, 6) is -1.23. The van der Waals surface area contributed by atoms with Crippen LogP contribution < -0.4 is 0 Å². The molecule has 0 saturated carbocycles. The topological polar surface area (TPSA) is 98.1 Å². The highest BCUT2D eigenvalue weighted by Gasteiger charge is 2.49. The summed E-state index contributed by atoms with van der Waals surface area (Å²) in [4.78, 5) is 22.1. The molecule has 6 heteroatoms. The van der Waals surface area contributed by atoms with Crippen LogP contribution in [0, 0.1) is 0 Å². The third-order valence-corrected chi connectivity index (χ3v) is 2.31. The molecule has 13 heavy (non-hydrogen) atoms. The number of rotatable bonds is 1. The number of carbonyl (C=O) groups is 2. The van der Waals surface area contributed by atoms with Gasteiger partial charge in [-0.1, -0.05) is 0 Å². The third-order valence-electron chi connectivity index (χ3n) is 2.31. The van der Waals surface area contributed by atoms with Crippen molar-refractivity contribution in [2.45, 2.75) is 25.0 Å². The number of hydrogen-bond donors (Lipinski definition) is 3. The lowest BCUT2D eigenvalue weighted by Crippen LogP contribution is -2.50. The molecule has 2 unspecified atom stereocenters. The van der Waals surface area contributed by atoms with Crippen molar-refractivity contribution >= 4 is 12.1 Å². The zero-order valence-electron chi connectivity index (χ0n) is 7.10. The van der Waals surface area contributed by atoms with Crippen molar-refractivity contribution in [2.24, 2.45) is 0 Å². The number of carboxylic acid groups (broad SMARTS) is 2. The number of aliphatic carboxylic acids is 1. The van der Waals surface area contributed by atoms with Crippen LogP contribution in [0.2, 0.25) is 0 Å². The van der Waals surface area contributed by atoms with Crippen LogP contribution in [-0.4, -0.2) is 50.5 Å². The summed E-state index contributed by atoms with van der Waals surface area (Å²) in [6.07, 6.45) is -2.27. The Hall–Kier alpha value is -1.30. The molecule has 0 bridgehead atoms. The molecule has 0 radical (unpaired) electrons. The van der Waals surface area contributed by atoms with Gasteiger partial charge < -0.3 is 15.3 Å². The molecule has 0 spiro atoms. The molecule has 1 fully saturated rings. The monoisotopic (exact) mass is 189 g/mol. The predicted molar refractivity (Wildman–Crippen MR) is 41.4 cm³/mol. The van der Waals surface area contributed by atoms with Crippen LogP contribution in [-0.2, 0) is 4.79 Å². The number of aliphatic hydroxyl groups is 1. The number of carboxylic acids is 1. The SMILES string of the molecule is CC1(C(=O)O)CC(O)CN1C(=O)O. The lowest BCUT2D eigenvalue weighted by Gasteiger charge is -2.27. The fourth-order valence-corrected chi connectivity index (χ4v) is 1.54. The van der Waals surface area contributed by atoms with Crippen LogP contribution in [0.5, 0.6) is 0 Å². The average Bonchev–Trinajstić information content (AvgIpc) is 2.27. The Balaban J connectivity index is 2.95. The molecule has 1 aliphatic rings. The largest absolute Gasteiger partial charge is 0.480 e. The number of likely N-dealkylation sites (tertiary alicyclic amines) is 1. The molecule has 2 atom stereocenters. The van der Waals surface area contributed by atoms with Crippen LogP contribution >= 0.6 is 0 Å². The van der Waals surface area contributed by atoms with Gasteiger partial charge in [-0.15, -0.1) is 0 Å². The van der Waals surface area contributed by atoms with Gasteiger partial charge in [0.05, 0.1) is 12.6 Å². The quantitative estimate of drug-likeness (QED) is 0.520. The Morgan fingerprint density at radius 3 is 2.31 bits per heavy atom. The summed E-state index contributed by atoms with van der Waals surface area (Å²) in [6, 6.07) is 0. The van der Waals surface area contributed by atoms with Crippen molar-refractivity contribution in [1.82, 2.24) is 4.90 Å². The molecule has 6 nitrogen and oxygen atoms in total. The zero-order chi connectivity index (χ0) is 10.2. The lowest BCUT2D eigenvalue weighted by molar-refractivity contribution is -0.147. The minimum atomic E-state index is -1.49. The van der Waals surface area contributed by atoms with Crippen LogP contribution in [0.25, 0.3) is 0 Å². The molecule has 1 heterocycles. The molecule has 1 amide bonds. The van der Waals surface area contributed by atoms with Gasteiger partial charge >= 0.3 is 12.1 Å². The maximum atomic E-state index is 10.8. The van der Waals surface area contributed by atoms with Gasteiger partial charge in [0.2, 0.25) is 0 Å². The minimum absolute atomic E-state index is 0.0609. The summed E-state index contributed by atoms with van der Waals surface area (Å²) < 4.78 is 0. The first kappa shape index (κ1) is 9.79. The first-order valence-corrected chi connectivity index (χ1v) is 3.80. The normalized spacial score (nSPS) is 33.4. The molecular formula is C7H11NO5. The number of nitrogens with zero attached hydrogens (tertiary/aromatic N) is 1. The third kappa shape index (κ3) is 1.44. The smallest absolute Gasteiger partial charge is 0.408 e. The van der Waals surface area contributed by atoms with Gasteiger partial charge in [0.25, 0.3) is 0 Å². The maximum Gasteiger partial charge on any atom is 0.408 e. The summed E-state index contributed by atoms with van der Waals surface area (Å²) >= 11 is 0. The Morgan fingerprint density at radius 2 is 2.00 bits per heavy atom. The Labute approximate surface area is 74.4 Å². The standard InChI is InChI=1S/C7H11NO5/c1-7(5(10)11)2-4(9)3-8(7)6(12)13/h4,9H,2-3H2,1H3,(H,10,11)(H,12,13). The highest BCUT2D eigenvalue weighted by molar-refractivity contribution is 5.84. The Kier molecular flexibility index (Phi) is 2.17. The fourth-order valence-electron chi connectivity index (χ4n) is 1.54. The van der Waals surface area contributed by atoms with Crippen molar-refractivity contribution < 1.29 is 24.9 Å². The van der Waals surface area contributed by atoms with Crippen molar-refractivity contribution in [3.8, 4) is 0 Å². The predicted octanol–water partition coefficient (Wildman–Crippen LogP) is -0.426. The van der Waals surface area contributed by atoms with Crippen molar-refractivity contribution in [3.63, 3.8) is 0 Å². The number of amides is 1. The maximum absolute atomic E-state index is 10.8. The van der Waals surface area contributed by atoms with E-state index in [0.717, 1.165) is 4.90 Å². The van der Waals surface area contributed by atoms with Gasteiger partial charge in [0.15, 0.2) is 0 Å². The van der Waals surface area contributed by atoms with Gasteiger partial charge in [-0.05, 0) is 6.92 Å². The van der Waals surface area contributed by atoms with E-state index >= 15 is 0 Å². The van der Waals surface area contributed by atoms with E-state index in [1.807, 2.05) is 0 Å². The van der Waals surface area contributed by atoms with Gasteiger partial charge in [-0.2, -0.15) is 0 Å². The Bertz CT molecular complexity index is 253. The lowest BCUT2D eigenvalue weighted by atomic mass is 9.99. The second kappa shape index (κ2) is 2.88. The molecule has 3 N–H and O–H groups in total. The second-order valence-electron chi connectivity index (χ2n) is 3.33. The number of β-amino-alcohol motifs (C(OH)–C–C–N with tert-alkyl or cyclic N) is 1. The zero-order valence-corrected chi connectivity index (χ0v) is 7.10. The number of aliphatic hydroxyl groups excluding tert-OH is 1. The van der Waals surface area contributed by atoms with E-state index in [1.165, 1.54) is 6.92 Å². The molecule has 0 aliphatic carbocycles. The van der Waals surface area contributed by atoms with Crippen molar-refractivity contribution in [2.75, 3.05) is 6.54 Å². The van der Waals surface area contributed by atoms with Crippen molar-refractivity contribution in [1.29, 1.82) is 0 Å². The number of hydrogen-bond acceptors (Lipinski definition) is 3.